The third kappa shape index (κ3) is 3.65. The summed E-state index contributed by atoms with van der Waals surface area (Å²) in [5.74, 6) is 2.32. The molecule has 1 fully saturated rings. The molecule has 25 heavy (non-hydrogen) atoms. The Morgan fingerprint density at radius 2 is 1.80 bits per heavy atom. The zero-order chi connectivity index (χ0) is 18.1. The average molecular weight is 338 g/mol. The summed E-state index contributed by atoms with van der Waals surface area (Å²) in [6.45, 7) is 11.4. The molecule has 1 aliphatic heterocycles. The highest BCUT2D eigenvalue weighted by Crippen LogP contribution is 2.29. The molecule has 1 aromatic heterocycles. The Hall–Kier alpha value is -2.43. The van der Waals surface area contributed by atoms with Gasteiger partial charge in [-0.2, -0.15) is 0 Å². The molecule has 1 aliphatic rings. The van der Waals surface area contributed by atoms with Gasteiger partial charge in [-0.3, -0.25) is 4.79 Å². The van der Waals surface area contributed by atoms with Crippen LogP contribution in [0.3, 0.4) is 0 Å². The molecule has 5 nitrogen and oxygen atoms in total. The lowest BCUT2D eigenvalue weighted by Gasteiger charge is -2.39. The molecule has 3 rings (SSSR count). The van der Waals surface area contributed by atoms with Gasteiger partial charge in [-0.1, -0.05) is 24.3 Å². The van der Waals surface area contributed by atoms with E-state index in [1.54, 1.807) is 6.92 Å². The van der Waals surface area contributed by atoms with Crippen LogP contribution in [0.5, 0.6) is 0 Å². The molecular formula is C20H26N4O. The van der Waals surface area contributed by atoms with E-state index in [9.17, 15) is 4.79 Å². The molecule has 0 aliphatic carbocycles. The summed E-state index contributed by atoms with van der Waals surface area (Å²) in [7, 11) is 0. The smallest absolute Gasteiger partial charge is 0.219 e. The Labute approximate surface area is 149 Å². The molecule has 1 amide bonds. The number of hydrogen-bond donors (Lipinski definition) is 1. The van der Waals surface area contributed by atoms with Gasteiger partial charge < -0.3 is 10.2 Å². The number of anilines is 1. The van der Waals surface area contributed by atoms with Crippen LogP contribution in [0.15, 0.2) is 24.3 Å². The maximum absolute atomic E-state index is 11.3. The Morgan fingerprint density at radius 3 is 2.40 bits per heavy atom. The number of amides is 1. The van der Waals surface area contributed by atoms with Gasteiger partial charge in [-0.05, 0) is 38.8 Å². The first-order chi connectivity index (χ1) is 11.8. The van der Waals surface area contributed by atoms with Crippen molar-refractivity contribution in [2.75, 3.05) is 18.4 Å². The predicted molar refractivity (Wildman–Crippen MR) is 99.7 cm³/mol. The fraction of sp³-hybridized carbons (Fsp3) is 0.450. The quantitative estimate of drug-likeness (QED) is 0.927. The highest BCUT2D eigenvalue weighted by Gasteiger charge is 2.29. The minimum absolute atomic E-state index is 0.163. The van der Waals surface area contributed by atoms with E-state index < -0.39 is 0 Å². The van der Waals surface area contributed by atoms with Crippen LogP contribution >= 0.6 is 0 Å². The fourth-order valence-electron chi connectivity index (χ4n) is 3.20. The topological polar surface area (TPSA) is 58.1 Å². The molecule has 1 unspecified atom stereocenters. The van der Waals surface area contributed by atoms with Crippen molar-refractivity contribution in [3.8, 4) is 0 Å². The van der Waals surface area contributed by atoms with E-state index in [1.807, 2.05) is 25.7 Å². The number of aromatic nitrogens is 2. The Balaban J connectivity index is 1.67. The number of benzene rings is 1. The number of nitrogens with one attached hydrogen (secondary N) is 1. The summed E-state index contributed by atoms with van der Waals surface area (Å²) in [6, 6.07) is 8.86. The minimum Gasteiger partial charge on any atom is -0.363 e. The molecule has 2 heterocycles. The second-order valence-electron chi connectivity index (χ2n) is 6.98. The van der Waals surface area contributed by atoms with E-state index in [0.29, 0.717) is 5.92 Å². The second-order valence-corrected chi connectivity index (χ2v) is 6.98. The molecule has 1 N–H and O–H groups in total. The van der Waals surface area contributed by atoms with E-state index in [2.05, 4.69) is 46.5 Å². The number of rotatable bonds is 4. The third-order valence-corrected chi connectivity index (χ3v) is 5.09. The minimum atomic E-state index is 0.163. The normalized spacial score (nSPS) is 15.6. The first-order valence-corrected chi connectivity index (χ1v) is 8.79. The maximum Gasteiger partial charge on any atom is 0.219 e. The van der Waals surface area contributed by atoms with Crippen molar-refractivity contribution in [2.45, 2.75) is 46.6 Å². The molecule has 1 aromatic carbocycles. The first kappa shape index (κ1) is 17.4. The van der Waals surface area contributed by atoms with Gasteiger partial charge in [0.05, 0.1) is 0 Å². The number of likely N-dealkylation sites (tertiary alicyclic amines) is 1. The van der Waals surface area contributed by atoms with Gasteiger partial charge in [0, 0.05) is 43.2 Å². The SMILES string of the molecule is CC(=O)N1CC(c2ccc(C(C)Nc3nc(C)nc(C)c3C)cc2)C1. The van der Waals surface area contributed by atoms with Crippen molar-refractivity contribution in [2.24, 2.45) is 0 Å². The van der Waals surface area contributed by atoms with Crippen molar-refractivity contribution in [3.63, 3.8) is 0 Å². The number of hydrogen-bond acceptors (Lipinski definition) is 4. The summed E-state index contributed by atoms with van der Waals surface area (Å²) >= 11 is 0. The van der Waals surface area contributed by atoms with Crippen LogP contribution in [-0.2, 0) is 4.79 Å². The summed E-state index contributed by atoms with van der Waals surface area (Å²) in [6.07, 6.45) is 0. The fourth-order valence-corrected chi connectivity index (χ4v) is 3.20. The molecule has 5 heteroatoms. The Bertz CT molecular complexity index is 779. The molecule has 2 aromatic rings. The molecule has 0 radical (unpaired) electrons. The van der Waals surface area contributed by atoms with Gasteiger partial charge in [0.15, 0.2) is 0 Å². The molecule has 132 valence electrons. The van der Waals surface area contributed by atoms with Crippen LogP contribution in [0, 0.1) is 20.8 Å². The van der Waals surface area contributed by atoms with Crippen molar-refractivity contribution >= 4 is 11.7 Å². The molecule has 1 atom stereocenters. The highest BCUT2D eigenvalue weighted by atomic mass is 16.2. The number of carbonyl (C=O) groups excluding carboxylic acids is 1. The predicted octanol–water partition coefficient (Wildman–Crippen LogP) is 3.52. The van der Waals surface area contributed by atoms with E-state index in [-0.39, 0.29) is 11.9 Å². The Kier molecular flexibility index (Phi) is 4.75. The lowest BCUT2D eigenvalue weighted by molar-refractivity contribution is -0.133. The number of carbonyl (C=O) groups is 1. The van der Waals surface area contributed by atoms with Crippen LogP contribution in [0.2, 0.25) is 0 Å². The monoisotopic (exact) mass is 338 g/mol. The van der Waals surface area contributed by atoms with Gasteiger partial charge in [-0.25, -0.2) is 9.97 Å². The summed E-state index contributed by atoms with van der Waals surface area (Å²) in [5, 5.41) is 3.50. The van der Waals surface area contributed by atoms with Gasteiger partial charge in [0.25, 0.3) is 0 Å². The number of nitrogens with zero attached hydrogens (tertiary/aromatic N) is 3. The van der Waals surface area contributed by atoms with Crippen LogP contribution in [0.25, 0.3) is 0 Å². The van der Waals surface area contributed by atoms with Crippen molar-refractivity contribution in [3.05, 3.63) is 52.5 Å². The first-order valence-electron chi connectivity index (χ1n) is 8.79. The Morgan fingerprint density at radius 1 is 1.16 bits per heavy atom. The standard InChI is InChI=1S/C20H26N4O/c1-12-13(2)21-15(4)23-20(12)22-14(3)17-6-8-18(9-7-17)19-10-24(11-19)16(5)25/h6-9,14,19H,10-11H2,1-5H3,(H,21,22,23). The lowest BCUT2D eigenvalue weighted by atomic mass is 9.90. The van der Waals surface area contributed by atoms with E-state index >= 15 is 0 Å². The molecule has 0 bridgehead atoms. The summed E-state index contributed by atoms with van der Waals surface area (Å²) < 4.78 is 0. The second kappa shape index (κ2) is 6.82. The average Bonchev–Trinajstić information content (AvgIpc) is 2.51. The number of aryl methyl sites for hydroxylation is 2. The molecule has 0 saturated carbocycles. The van der Waals surface area contributed by atoms with Gasteiger partial charge in [0.1, 0.15) is 11.6 Å². The zero-order valence-electron chi connectivity index (χ0n) is 15.6. The highest BCUT2D eigenvalue weighted by molar-refractivity contribution is 5.74. The molecule has 0 spiro atoms. The van der Waals surface area contributed by atoms with Crippen molar-refractivity contribution in [1.29, 1.82) is 0 Å². The van der Waals surface area contributed by atoms with Crippen LogP contribution < -0.4 is 5.32 Å². The van der Waals surface area contributed by atoms with Crippen molar-refractivity contribution in [1.82, 2.24) is 14.9 Å². The lowest BCUT2D eigenvalue weighted by Crippen LogP contribution is -2.47. The molecular weight excluding hydrogens is 312 g/mol. The largest absolute Gasteiger partial charge is 0.363 e. The van der Waals surface area contributed by atoms with Gasteiger partial charge >= 0.3 is 0 Å². The van der Waals surface area contributed by atoms with Crippen LogP contribution in [0.4, 0.5) is 5.82 Å². The molecule has 1 saturated heterocycles. The zero-order valence-corrected chi connectivity index (χ0v) is 15.6. The van der Waals surface area contributed by atoms with Crippen molar-refractivity contribution < 1.29 is 4.79 Å². The van der Waals surface area contributed by atoms with E-state index in [4.69, 9.17) is 0 Å². The third-order valence-electron chi connectivity index (χ3n) is 5.09. The van der Waals surface area contributed by atoms with E-state index in [1.165, 1.54) is 11.1 Å². The summed E-state index contributed by atoms with van der Waals surface area (Å²) in [5.41, 5.74) is 4.63. The van der Waals surface area contributed by atoms with Crippen LogP contribution in [-0.4, -0.2) is 33.9 Å². The van der Waals surface area contributed by atoms with E-state index in [0.717, 1.165) is 36.0 Å². The van der Waals surface area contributed by atoms with Crippen LogP contribution in [0.1, 0.15) is 54.0 Å². The van der Waals surface area contributed by atoms with Gasteiger partial charge in [-0.15, -0.1) is 0 Å². The maximum atomic E-state index is 11.3. The van der Waals surface area contributed by atoms with Gasteiger partial charge in [0.2, 0.25) is 5.91 Å². The summed E-state index contributed by atoms with van der Waals surface area (Å²) in [4.78, 5) is 22.1.